The number of hydrogen-bond donors (Lipinski definition) is 1. The summed E-state index contributed by atoms with van der Waals surface area (Å²) in [7, 11) is 0. The van der Waals surface area contributed by atoms with Crippen LogP contribution in [0.1, 0.15) is 24.4 Å². The number of aryl methyl sites for hydroxylation is 1. The van der Waals surface area contributed by atoms with Gasteiger partial charge in [-0.3, -0.25) is 9.36 Å². The lowest BCUT2D eigenvalue weighted by atomic mass is 10.0. The molecule has 2 amide bonds. The Labute approximate surface area is 167 Å². The van der Waals surface area contributed by atoms with Crippen LogP contribution in [0, 0.1) is 6.92 Å². The molecule has 0 saturated carbocycles. The molecule has 0 aliphatic carbocycles. The SMILES string of the molecule is Cc1ccc(NC(=O)N2CCC(n3cnc4c(Cl)cccc4c3=O)CC2)cc1. The van der Waals surface area contributed by atoms with Gasteiger partial charge in [0.15, 0.2) is 0 Å². The number of amides is 2. The predicted molar refractivity (Wildman–Crippen MR) is 111 cm³/mol. The fourth-order valence-electron chi connectivity index (χ4n) is 3.58. The number of halogens is 1. The Morgan fingerprint density at radius 3 is 2.57 bits per heavy atom. The smallest absolute Gasteiger partial charge is 0.321 e. The van der Waals surface area contributed by atoms with Crippen LogP contribution in [-0.2, 0) is 0 Å². The molecule has 6 nitrogen and oxygen atoms in total. The summed E-state index contributed by atoms with van der Waals surface area (Å²) in [4.78, 5) is 31.5. The second kappa shape index (κ2) is 7.64. The van der Waals surface area contributed by atoms with E-state index in [-0.39, 0.29) is 17.6 Å². The molecular formula is C21H21ClN4O2. The van der Waals surface area contributed by atoms with Crippen molar-refractivity contribution in [2.24, 2.45) is 0 Å². The van der Waals surface area contributed by atoms with Crippen LogP contribution in [0.5, 0.6) is 0 Å². The molecule has 28 heavy (non-hydrogen) atoms. The summed E-state index contributed by atoms with van der Waals surface area (Å²) in [6, 6.07) is 12.9. The van der Waals surface area contributed by atoms with Crippen molar-refractivity contribution in [2.75, 3.05) is 18.4 Å². The van der Waals surface area contributed by atoms with E-state index in [4.69, 9.17) is 11.6 Å². The number of para-hydroxylation sites is 1. The maximum absolute atomic E-state index is 12.8. The van der Waals surface area contributed by atoms with E-state index in [2.05, 4.69) is 10.3 Å². The van der Waals surface area contributed by atoms with Gasteiger partial charge < -0.3 is 10.2 Å². The summed E-state index contributed by atoms with van der Waals surface area (Å²) >= 11 is 6.13. The quantitative estimate of drug-likeness (QED) is 0.704. The topological polar surface area (TPSA) is 67.2 Å². The van der Waals surface area contributed by atoms with E-state index in [0.717, 1.165) is 11.3 Å². The van der Waals surface area contributed by atoms with E-state index in [9.17, 15) is 9.59 Å². The van der Waals surface area contributed by atoms with Crippen molar-refractivity contribution < 1.29 is 4.79 Å². The first-order chi connectivity index (χ1) is 13.5. The number of fused-ring (bicyclic) bond motifs is 1. The van der Waals surface area contributed by atoms with Crippen LogP contribution in [0.3, 0.4) is 0 Å². The van der Waals surface area contributed by atoms with Crippen LogP contribution < -0.4 is 10.9 Å². The van der Waals surface area contributed by atoms with Crippen LogP contribution in [0.2, 0.25) is 5.02 Å². The number of carbonyl (C=O) groups excluding carboxylic acids is 1. The molecule has 1 N–H and O–H groups in total. The molecule has 144 valence electrons. The Morgan fingerprint density at radius 2 is 1.86 bits per heavy atom. The molecule has 4 rings (SSSR count). The summed E-state index contributed by atoms with van der Waals surface area (Å²) in [5, 5.41) is 3.93. The number of likely N-dealkylation sites (tertiary alicyclic amines) is 1. The Kier molecular flexibility index (Phi) is 5.05. The highest BCUT2D eigenvalue weighted by Gasteiger charge is 2.25. The number of benzene rings is 2. The van der Waals surface area contributed by atoms with Crippen LogP contribution in [0.25, 0.3) is 10.9 Å². The average Bonchev–Trinajstić information content (AvgIpc) is 2.71. The van der Waals surface area contributed by atoms with Crippen LogP contribution in [-0.4, -0.2) is 33.6 Å². The molecule has 1 fully saturated rings. The summed E-state index contributed by atoms with van der Waals surface area (Å²) in [5.41, 5.74) is 2.37. The molecule has 1 aliphatic heterocycles. The van der Waals surface area contributed by atoms with Gasteiger partial charge in [0.1, 0.15) is 0 Å². The number of hydrogen-bond acceptors (Lipinski definition) is 3. The number of nitrogens with zero attached hydrogens (tertiary/aromatic N) is 3. The lowest BCUT2D eigenvalue weighted by Gasteiger charge is -2.32. The molecule has 2 aromatic carbocycles. The van der Waals surface area contributed by atoms with E-state index in [1.807, 2.05) is 31.2 Å². The van der Waals surface area contributed by atoms with Crippen molar-refractivity contribution in [1.82, 2.24) is 14.5 Å². The zero-order valence-electron chi connectivity index (χ0n) is 15.6. The van der Waals surface area contributed by atoms with E-state index in [1.54, 1.807) is 34.0 Å². The summed E-state index contributed by atoms with van der Waals surface area (Å²) in [5.74, 6) is 0. The van der Waals surface area contributed by atoms with Gasteiger partial charge in [0, 0.05) is 24.8 Å². The average molecular weight is 397 g/mol. The van der Waals surface area contributed by atoms with Gasteiger partial charge in [-0.25, -0.2) is 9.78 Å². The number of anilines is 1. The van der Waals surface area contributed by atoms with Gasteiger partial charge in [-0.05, 0) is 44.0 Å². The molecule has 1 saturated heterocycles. The third kappa shape index (κ3) is 3.60. The minimum atomic E-state index is -0.113. The summed E-state index contributed by atoms with van der Waals surface area (Å²) < 4.78 is 1.67. The molecule has 0 radical (unpaired) electrons. The van der Waals surface area contributed by atoms with Gasteiger partial charge >= 0.3 is 6.03 Å². The molecule has 0 spiro atoms. The second-order valence-electron chi connectivity index (χ2n) is 7.11. The molecular weight excluding hydrogens is 376 g/mol. The van der Waals surface area contributed by atoms with E-state index in [1.165, 1.54) is 0 Å². The first kappa shape index (κ1) is 18.5. The number of nitrogens with one attached hydrogen (secondary N) is 1. The standard InChI is InChI=1S/C21H21ClN4O2/c1-14-5-7-15(8-6-14)24-21(28)25-11-9-16(10-12-25)26-13-23-19-17(20(26)27)3-2-4-18(19)22/h2-8,13,16H,9-12H2,1H3,(H,24,28). The zero-order chi connectivity index (χ0) is 19.7. The van der Waals surface area contributed by atoms with Gasteiger partial charge in [-0.2, -0.15) is 0 Å². The lowest BCUT2D eigenvalue weighted by molar-refractivity contribution is 0.182. The lowest BCUT2D eigenvalue weighted by Crippen LogP contribution is -2.42. The largest absolute Gasteiger partial charge is 0.324 e. The minimum absolute atomic E-state index is 0.0202. The maximum Gasteiger partial charge on any atom is 0.321 e. The molecule has 0 atom stereocenters. The van der Waals surface area contributed by atoms with E-state index >= 15 is 0 Å². The molecule has 2 heterocycles. The van der Waals surface area contributed by atoms with Gasteiger partial charge in [0.25, 0.3) is 5.56 Å². The normalized spacial score (nSPS) is 15.0. The van der Waals surface area contributed by atoms with Crippen molar-refractivity contribution >= 4 is 34.2 Å². The van der Waals surface area contributed by atoms with Gasteiger partial charge in [0.2, 0.25) is 0 Å². The highest BCUT2D eigenvalue weighted by atomic mass is 35.5. The third-order valence-corrected chi connectivity index (χ3v) is 5.52. The van der Waals surface area contributed by atoms with E-state index < -0.39 is 0 Å². The van der Waals surface area contributed by atoms with Gasteiger partial charge in [0.05, 0.1) is 22.3 Å². The molecule has 0 unspecified atom stereocenters. The maximum atomic E-state index is 12.8. The van der Waals surface area contributed by atoms with Gasteiger partial charge in [-0.1, -0.05) is 35.4 Å². The van der Waals surface area contributed by atoms with Crippen LogP contribution in [0.15, 0.2) is 53.6 Å². The molecule has 1 aliphatic rings. The second-order valence-corrected chi connectivity index (χ2v) is 7.51. The highest BCUT2D eigenvalue weighted by Crippen LogP contribution is 2.24. The first-order valence-electron chi connectivity index (χ1n) is 9.31. The predicted octanol–water partition coefficient (Wildman–Crippen LogP) is 4.23. The van der Waals surface area contributed by atoms with Crippen molar-refractivity contribution in [3.05, 3.63) is 69.7 Å². The third-order valence-electron chi connectivity index (χ3n) is 5.21. The Hall–Kier alpha value is -2.86. The number of aromatic nitrogens is 2. The number of piperidine rings is 1. The highest BCUT2D eigenvalue weighted by molar-refractivity contribution is 6.34. The Bertz CT molecular complexity index is 1070. The van der Waals surface area contributed by atoms with E-state index in [0.29, 0.717) is 41.9 Å². The monoisotopic (exact) mass is 396 g/mol. The molecule has 3 aromatic rings. The first-order valence-corrected chi connectivity index (χ1v) is 9.68. The number of rotatable bonds is 2. The molecule has 7 heteroatoms. The van der Waals surface area contributed by atoms with Crippen molar-refractivity contribution in [3.8, 4) is 0 Å². The fourth-order valence-corrected chi connectivity index (χ4v) is 3.80. The van der Waals surface area contributed by atoms with Gasteiger partial charge in [-0.15, -0.1) is 0 Å². The van der Waals surface area contributed by atoms with Crippen LogP contribution >= 0.6 is 11.6 Å². The van der Waals surface area contributed by atoms with Crippen molar-refractivity contribution in [2.45, 2.75) is 25.8 Å². The Balaban J connectivity index is 1.45. The zero-order valence-corrected chi connectivity index (χ0v) is 16.3. The number of carbonyl (C=O) groups is 1. The number of urea groups is 1. The molecule has 1 aromatic heterocycles. The minimum Gasteiger partial charge on any atom is -0.324 e. The summed E-state index contributed by atoms with van der Waals surface area (Å²) in [6.07, 6.45) is 2.98. The summed E-state index contributed by atoms with van der Waals surface area (Å²) in [6.45, 7) is 3.18. The van der Waals surface area contributed by atoms with Crippen LogP contribution in [0.4, 0.5) is 10.5 Å². The van der Waals surface area contributed by atoms with Crippen molar-refractivity contribution in [3.63, 3.8) is 0 Å². The molecule has 0 bridgehead atoms. The van der Waals surface area contributed by atoms with Crippen molar-refractivity contribution in [1.29, 1.82) is 0 Å². The Morgan fingerprint density at radius 1 is 1.14 bits per heavy atom. The fraction of sp³-hybridized carbons (Fsp3) is 0.286.